The number of oxime groups is 1. The predicted octanol–water partition coefficient (Wildman–Crippen LogP) is 5.28. The Bertz CT molecular complexity index is 280. The number of hydrogen-bond donors (Lipinski definition) is 0. The largest absolute Gasteiger partial charge is 0.396 e. The summed E-state index contributed by atoms with van der Waals surface area (Å²) in [5.74, 6) is 0. The van der Waals surface area contributed by atoms with Crippen molar-refractivity contribution in [1.29, 1.82) is 0 Å². The molecule has 0 fully saturated rings. The van der Waals surface area contributed by atoms with Crippen LogP contribution in [-0.4, -0.2) is 12.3 Å². The maximum atomic E-state index is 5.18. The second kappa shape index (κ2) is 15.7. The lowest BCUT2D eigenvalue weighted by Gasteiger charge is -2.03. The zero-order chi connectivity index (χ0) is 14.2. The molecule has 1 rings (SSSR count). The Morgan fingerprint density at radius 1 is 1.00 bits per heavy atom. The molecule has 0 aliphatic heterocycles. The molecule has 104 valence electrons. The molecule has 0 amide bonds. The standard InChI is InChI=1S/C12H17NO.2C2H6/c1-3-10-14-13-12(4-2)11-8-6-5-7-9-11;2*1-2/h5-9H,3-4,10H2,1-2H3;2*1-2H3/b13-12+;;. The summed E-state index contributed by atoms with van der Waals surface area (Å²) in [5, 5.41) is 4.12. The van der Waals surface area contributed by atoms with Gasteiger partial charge in [0.25, 0.3) is 0 Å². The van der Waals surface area contributed by atoms with Crippen LogP contribution in [0.2, 0.25) is 0 Å². The average Bonchev–Trinajstić information content (AvgIpc) is 2.49. The second-order valence-electron chi connectivity index (χ2n) is 3.09. The summed E-state index contributed by atoms with van der Waals surface area (Å²) in [6, 6.07) is 10.1. The lowest BCUT2D eigenvalue weighted by Crippen LogP contribution is -2.00. The van der Waals surface area contributed by atoms with Gasteiger partial charge in [0.15, 0.2) is 0 Å². The highest BCUT2D eigenvalue weighted by atomic mass is 16.6. The minimum absolute atomic E-state index is 0.691. The van der Waals surface area contributed by atoms with Crippen LogP contribution in [0.4, 0.5) is 0 Å². The fourth-order valence-electron chi connectivity index (χ4n) is 1.17. The molecule has 0 aliphatic rings. The number of benzene rings is 1. The third kappa shape index (κ3) is 8.80. The van der Waals surface area contributed by atoms with Gasteiger partial charge in [-0.05, 0) is 18.4 Å². The SMILES string of the molecule is CC.CC.CCCO/N=C(\CC)c1ccccc1. The summed E-state index contributed by atoms with van der Waals surface area (Å²) in [4.78, 5) is 5.18. The molecular formula is C16H29NO. The summed E-state index contributed by atoms with van der Waals surface area (Å²) in [6.07, 6.45) is 1.89. The fourth-order valence-corrected chi connectivity index (χ4v) is 1.17. The fraction of sp³-hybridized carbons (Fsp3) is 0.562. The van der Waals surface area contributed by atoms with E-state index in [9.17, 15) is 0 Å². The summed E-state index contributed by atoms with van der Waals surface area (Å²) in [5.41, 5.74) is 2.16. The van der Waals surface area contributed by atoms with Gasteiger partial charge in [-0.25, -0.2) is 0 Å². The van der Waals surface area contributed by atoms with Gasteiger partial charge in [-0.15, -0.1) is 0 Å². The van der Waals surface area contributed by atoms with Crippen molar-refractivity contribution in [2.24, 2.45) is 5.16 Å². The van der Waals surface area contributed by atoms with Crippen LogP contribution in [0.15, 0.2) is 35.5 Å². The van der Waals surface area contributed by atoms with Crippen LogP contribution in [0.5, 0.6) is 0 Å². The van der Waals surface area contributed by atoms with Gasteiger partial charge in [-0.1, -0.05) is 77.0 Å². The predicted molar refractivity (Wildman–Crippen MR) is 82.2 cm³/mol. The van der Waals surface area contributed by atoms with Gasteiger partial charge in [0.05, 0.1) is 5.71 Å². The van der Waals surface area contributed by atoms with Crippen molar-refractivity contribution in [1.82, 2.24) is 0 Å². The van der Waals surface area contributed by atoms with Crippen molar-refractivity contribution in [2.75, 3.05) is 6.61 Å². The molecule has 2 heteroatoms. The molecule has 2 nitrogen and oxygen atoms in total. The minimum Gasteiger partial charge on any atom is -0.396 e. The Morgan fingerprint density at radius 2 is 1.56 bits per heavy atom. The molecule has 0 bridgehead atoms. The smallest absolute Gasteiger partial charge is 0.116 e. The third-order valence-corrected chi connectivity index (χ3v) is 1.91. The van der Waals surface area contributed by atoms with Crippen molar-refractivity contribution in [3.63, 3.8) is 0 Å². The molecule has 0 radical (unpaired) electrons. The summed E-state index contributed by atoms with van der Waals surface area (Å²) in [7, 11) is 0. The van der Waals surface area contributed by atoms with Crippen LogP contribution >= 0.6 is 0 Å². The van der Waals surface area contributed by atoms with Crippen molar-refractivity contribution < 1.29 is 4.84 Å². The van der Waals surface area contributed by atoms with Gasteiger partial charge in [0.1, 0.15) is 6.61 Å². The highest BCUT2D eigenvalue weighted by Crippen LogP contribution is 2.04. The minimum atomic E-state index is 0.691. The molecule has 0 unspecified atom stereocenters. The van der Waals surface area contributed by atoms with E-state index in [1.807, 2.05) is 45.9 Å². The van der Waals surface area contributed by atoms with Crippen LogP contribution in [0.1, 0.15) is 59.9 Å². The monoisotopic (exact) mass is 251 g/mol. The summed E-state index contributed by atoms with van der Waals surface area (Å²) >= 11 is 0. The molecular weight excluding hydrogens is 222 g/mol. The topological polar surface area (TPSA) is 21.6 Å². The van der Waals surface area contributed by atoms with E-state index in [1.54, 1.807) is 0 Å². The Kier molecular flexibility index (Phi) is 16.6. The average molecular weight is 251 g/mol. The van der Waals surface area contributed by atoms with Crippen LogP contribution in [0.3, 0.4) is 0 Å². The lowest BCUT2D eigenvalue weighted by molar-refractivity contribution is 0.144. The van der Waals surface area contributed by atoms with Crippen LogP contribution < -0.4 is 0 Å². The quantitative estimate of drug-likeness (QED) is 0.396. The Hall–Kier alpha value is -1.31. The van der Waals surface area contributed by atoms with Gasteiger partial charge in [0, 0.05) is 0 Å². The molecule has 0 heterocycles. The van der Waals surface area contributed by atoms with E-state index in [0.717, 1.165) is 24.1 Å². The van der Waals surface area contributed by atoms with Gasteiger partial charge < -0.3 is 4.84 Å². The first-order chi connectivity index (χ1) is 8.88. The summed E-state index contributed by atoms with van der Waals surface area (Å²) in [6.45, 7) is 12.8. The molecule has 0 atom stereocenters. The van der Waals surface area contributed by atoms with E-state index >= 15 is 0 Å². The van der Waals surface area contributed by atoms with Crippen LogP contribution in [0.25, 0.3) is 0 Å². The van der Waals surface area contributed by atoms with Gasteiger partial charge >= 0.3 is 0 Å². The first-order valence-electron chi connectivity index (χ1n) is 7.12. The zero-order valence-corrected chi connectivity index (χ0v) is 12.9. The van der Waals surface area contributed by atoms with Gasteiger partial charge in [0.2, 0.25) is 0 Å². The Labute approximate surface area is 113 Å². The molecule has 0 aliphatic carbocycles. The first kappa shape index (κ1) is 19.0. The van der Waals surface area contributed by atoms with Crippen molar-refractivity contribution in [3.8, 4) is 0 Å². The van der Waals surface area contributed by atoms with Crippen molar-refractivity contribution in [3.05, 3.63) is 35.9 Å². The maximum Gasteiger partial charge on any atom is 0.116 e. The van der Waals surface area contributed by atoms with Gasteiger partial charge in [-0.3, -0.25) is 0 Å². The molecule has 0 aromatic heterocycles. The molecule has 18 heavy (non-hydrogen) atoms. The Morgan fingerprint density at radius 3 is 2.00 bits per heavy atom. The first-order valence-corrected chi connectivity index (χ1v) is 7.12. The third-order valence-electron chi connectivity index (χ3n) is 1.91. The van der Waals surface area contributed by atoms with E-state index in [0.29, 0.717) is 6.61 Å². The number of nitrogens with zero attached hydrogens (tertiary/aromatic N) is 1. The molecule has 0 spiro atoms. The van der Waals surface area contributed by atoms with E-state index in [-0.39, 0.29) is 0 Å². The number of hydrogen-bond acceptors (Lipinski definition) is 2. The summed E-state index contributed by atoms with van der Waals surface area (Å²) < 4.78 is 0. The molecule has 0 saturated carbocycles. The molecule has 1 aromatic carbocycles. The number of rotatable bonds is 5. The highest BCUT2D eigenvalue weighted by Gasteiger charge is 1.99. The Balaban J connectivity index is 0. The highest BCUT2D eigenvalue weighted by molar-refractivity contribution is 5.99. The molecule has 1 aromatic rings. The normalized spacial score (nSPS) is 9.56. The molecule has 0 saturated heterocycles. The van der Waals surface area contributed by atoms with Gasteiger partial charge in [-0.2, -0.15) is 0 Å². The second-order valence-corrected chi connectivity index (χ2v) is 3.09. The van der Waals surface area contributed by atoms with E-state index in [1.165, 1.54) is 0 Å². The van der Waals surface area contributed by atoms with Crippen molar-refractivity contribution in [2.45, 2.75) is 54.4 Å². The zero-order valence-electron chi connectivity index (χ0n) is 12.9. The van der Waals surface area contributed by atoms with Crippen LogP contribution in [0, 0.1) is 0 Å². The van der Waals surface area contributed by atoms with E-state index in [2.05, 4.69) is 31.1 Å². The van der Waals surface area contributed by atoms with Crippen molar-refractivity contribution >= 4 is 5.71 Å². The van der Waals surface area contributed by atoms with E-state index < -0.39 is 0 Å². The maximum absolute atomic E-state index is 5.18. The molecule has 0 N–H and O–H groups in total. The lowest BCUT2D eigenvalue weighted by atomic mass is 10.1. The van der Waals surface area contributed by atoms with E-state index in [4.69, 9.17) is 4.84 Å². The van der Waals surface area contributed by atoms with Crippen LogP contribution in [-0.2, 0) is 4.84 Å².